The minimum Gasteiger partial charge on any atom is -0.494 e. The van der Waals surface area contributed by atoms with Crippen molar-refractivity contribution in [2.45, 2.75) is 63.5 Å². The third kappa shape index (κ3) is 5.97. The van der Waals surface area contributed by atoms with Crippen molar-refractivity contribution >= 4 is 0 Å². The number of allylic oxidation sites excluding steroid dienone is 1. The lowest BCUT2D eigenvalue weighted by Crippen LogP contribution is -2.41. The summed E-state index contributed by atoms with van der Waals surface area (Å²) in [4.78, 5) is 2.47. The molecule has 2 N–H and O–H groups in total. The van der Waals surface area contributed by atoms with Crippen LogP contribution in [0.25, 0.3) is 0 Å². The standard InChI is InChI=1S/C20H32N2O2.C2H7N/c1-2-6-17(7-3-1)24-20-15-16(22-10-12-23-13-11-22)14-19-18(20)8-4-5-9-21-19;1-3-2/h14-15,17-19,21H,1-13H2;3H,1-2H3. The molecule has 2 heterocycles. The van der Waals surface area contributed by atoms with Crippen LogP contribution in [0, 0.1) is 5.92 Å². The van der Waals surface area contributed by atoms with Crippen LogP contribution in [-0.2, 0) is 9.47 Å². The molecule has 1 saturated carbocycles. The molecule has 0 spiro atoms. The largest absolute Gasteiger partial charge is 0.494 e. The van der Waals surface area contributed by atoms with E-state index in [0.717, 1.165) is 32.8 Å². The fourth-order valence-electron chi connectivity index (χ4n) is 4.57. The fraction of sp³-hybridized carbons (Fsp3) is 0.818. The van der Waals surface area contributed by atoms with Crippen molar-refractivity contribution in [3.63, 3.8) is 0 Å². The van der Waals surface area contributed by atoms with Gasteiger partial charge in [0.05, 0.1) is 19.3 Å². The molecule has 0 aromatic carbocycles. The van der Waals surface area contributed by atoms with Gasteiger partial charge in [-0.2, -0.15) is 0 Å². The van der Waals surface area contributed by atoms with Gasteiger partial charge >= 0.3 is 0 Å². The summed E-state index contributed by atoms with van der Waals surface area (Å²) in [6.07, 6.45) is 15.6. The zero-order chi connectivity index (χ0) is 18.9. The Labute approximate surface area is 165 Å². The average molecular weight is 378 g/mol. The van der Waals surface area contributed by atoms with Crippen LogP contribution < -0.4 is 10.6 Å². The molecule has 0 amide bonds. The molecule has 4 aliphatic rings. The van der Waals surface area contributed by atoms with E-state index in [2.05, 4.69) is 27.7 Å². The lowest BCUT2D eigenvalue weighted by Gasteiger charge is -2.37. The second kappa shape index (κ2) is 11.1. The Balaban J connectivity index is 0.000000659. The summed E-state index contributed by atoms with van der Waals surface area (Å²) in [7, 11) is 3.75. The van der Waals surface area contributed by atoms with Crippen molar-refractivity contribution in [1.29, 1.82) is 0 Å². The highest BCUT2D eigenvalue weighted by molar-refractivity contribution is 5.31. The van der Waals surface area contributed by atoms with E-state index in [9.17, 15) is 0 Å². The fourth-order valence-corrected chi connectivity index (χ4v) is 4.57. The molecule has 2 saturated heterocycles. The van der Waals surface area contributed by atoms with Crippen LogP contribution in [0.5, 0.6) is 0 Å². The minimum absolute atomic E-state index is 0.439. The van der Waals surface area contributed by atoms with Crippen molar-refractivity contribution in [2.75, 3.05) is 46.9 Å². The molecule has 2 aliphatic carbocycles. The Morgan fingerprint density at radius 1 is 1.04 bits per heavy atom. The summed E-state index contributed by atoms with van der Waals surface area (Å²) in [6.45, 7) is 4.80. The van der Waals surface area contributed by atoms with Gasteiger partial charge in [-0.05, 0) is 71.3 Å². The van der Waals surface area contributed by atoms with Gasteiger partial charge in [0, 0.05) is 30.7 Å². The predicted molar refractivity (Wildman–Crippen MR) is 111 cm³/mol. The van der Waals surface area contributed by atoms with Crippen LogP contribution in [0.1, 0.15) is 51.4 Å². The van der Waals surface area contributed by atoms with E-state index in [-0.39, 0.29) is 0 Å². The van der Waals surface area contributed by atoms with Crippen molar-refractivity contribution in [3.8, 4) is 0 Å². The number of rotatable bonds is 3. The molecule has 3 fully saturated rings. The summed E-state index contributed by atoms with van der Waals surface area (Å²) in [5, 5.41) is 6.51. The SMILES string of the molecule is C1=C(OC2CCCCC2)C2CCCCNC2C=C1N1CCOCC1.CNC. The van der Waals surface area contributed by atoms with Crippen LogP contribution in [0.3, 0.4) is 0 Å². The van der Waals surface area contributed by atoms with Gasteiger partial charge in [0.15, 0.2) is 0 Å². The highest BCUT2D eigenvalue weighted by atomic mass is 16.5. The third-order valence-corrected chi connectivity index (χ3v) is 5.99. The smallest absolute Gasteiger partial charge is 0.103 e. The molecule has 0 bridgehead atoms. The first-order valence-corrected chi connectivity index (χ1v) is 11.1. The number of morpholine rings is 1. The van der Waals surface area contributed by atoms with Crippen LogP contribution in [0.2, 0.25) is 0 Å². The molecule has 154 valence electrons. The van der Waals surface area contributed by atoms with E-state index in [0.29, 0.717) is 18.1 Å². The van der Waals surface area contributed by atoms with Gasteiger partial charge in [-0.25, -0.2) is 0 Å². The van der Waals surface area contributed by atoms with E-state index in [1.807, 2.05) is 14.1 Å². The van der Waals surface area contributed by atoms with Crippen molar-refractivity contribution in [3.05, 3.63) is 23.6 Å². The Morgan fingerprint density at radius 2 is 1.74 bits per heavy atom. The van der Waals surface area contributed by atoms with E-state index < -0.39 is 0 Å². The van der Waals surface area contributed by atoms with Crippen molar-refractivity contribution in [1.82, 2.24) is 15.5 Å². The van der Waals surface area contributed by atoms with Crippen LogP contribution in [0.15, 0.2) is 23.6 Å². The Kier molecular flexibility index (Phi) is 8.49. The maximum Gasteiger partial charge on any atom is 0.103 e. The predicted octanol–water partition coefficient (Wildman–Crippen LogP) is 3.04. The molecule has 0 aromatic rings. The van der Waals surface area contributed by atoms with Crippen LogP contribution in [-0.4, -0.2) is 64.0 Å². The lowest BCUT2D eigenvalue weighted by atomic mass is 9.87. The summed E-state index contributed by atoms with van der Waals surface area (Å²) in [6, 6.07) is 0.439. The van der Waals surface area contributed by atoms with Crippen LogP contribution in [0.4, 0.5) is 0 Å². The normalized spacial score (nSPS) is 29.5. The maximum absolute atomic E-state index is 6.60. The number of fused-ring (bicyclic) bond motifs is 1. The summed E-state index contributed by atoms with van der Waals surface area (Å²) in [5.74, 6) is 1.78. The Hall–Kier alpha value is -1.04. The van der Waals surface area contributed by atoms with E-state index in [1.54, 1.807) is 0 Å². The maximum atomic E-state index is 6.60. The third-order valence-electron chi connectivity index (χ3n) is 5.99. The number of hydrogen-bond donors (Lipinski definition) is 2. The van der Waals surface area contributed by atoms with Crippen molar-refractivity contribution in [2.24, 2.45) is 5.92 Å². The van der Waals surface area contributed by atoms with Crippen molar-refractivity contribution < 1.29 is 9.47 Å². The quantitative estimate of drug-likeness (QED) is 0.792. The van der Waals surface area contributed by atoms with Crippen LogP contribution >= 0.6 is 0 Å². The van der Waals surface area contributed by atoms with Gasteiger partial charge < -0.3 is 25.0 Å². The molecular weight excluding hydrogens is 338 g/mol. The number of nitrogens with one attached hydrogen (secondary N) is 2. The molecule has 27 heavy (non-hydrogen) atoms. The highest BCUT2D eigenvalue weighted by Gasteiger charge is 2.33. The molecular formula is C22H39N3O2. The molecule has 4 rings (SSSR count). The zero-order valence-electron chi connectivity index (χ0n) is 17.3. The first-order chi connectivity index (χ1) is 13.3. The molecule has 5 heteroatoms. The van der Waals surface area contributed by atoms with Gasteiger partial charge in [0.1, 0.15) is 5.76 Å². The first kappa shape index (κ1) is 20.7. The second-order valence-electron chi connectivity index (χ2n) is 8.20. The highest BCUT2D eigenvalue weighted by Crippen LogP contribution is 2.35. The Bertz CT molecular complexity index is 494. The molecule has 5 nitrogen and oxygen atoms in total. The first-order valence-electron chi connectivity index (χ1n) is 11.1. The second-order valence-corrected chi connectivity index (χ2v) is 8.20. The number of ether oxygens (including phenoxy) is 2. The van der Waals surface area contributed by atoms with E-state index >= 15 is 0 Å². The molecule has 2 atom stereocenters. The topological polar surface area (TPSA) is 45.8 Å². The lowest BCUT2D eigenvalue weighted by molar-refractivity contribution is 0.0467. The minimum atomic E-state index is 0.439. The summed E-state index contributed by atoms with van der Waals surface area (Å²) in [5.41, 5.74) is 1.35. The molecule has 2 unspecified atom stereocenters. The van der Waals surface area contributed by atoms with Gasteiger partial charge in [-0.3, -0.25) is 0 Å². The summed E-state index contributed by atoms with van der Waals surface area (Å²) >= 11 is 0. The van der Waals surface area contributed by atoms with Gasteiger partial charge in [-0.15, -0.1) is 0 Å². The molecule has 2 aliphatic heterocycles. The average Bonchev–Trinajstić information content (AvgIpc) is 2.96. The van der Waals surface area contributed by atoms with Gasteiger partial charge in [0.25, 0.3) is 0 Å². The molecule has 0 aromatic heterocycles. The van der Waals surface area contributed by atoms with E-state index in [4.69, 9.17) is 9.47 Å². The number of hydrogen-bond acceptors (Lipinski definition) is 5. The Morgan fingerprint density at radius 3 is 2.48 bits per heavy atom. The summed E-state index contributed by atoms with van der Waals surface area (Å²) < 4.78 is 12.1. The van der Waals surface area contributed by atoms with Gasteiger partial charge in [0.2, 0.25) is 0 Å². The number of nitrogens with zero attached hydrogens (tertiary/aromatic N) is 1. The monoisotopic (exact) mass is 377 g/mol. The van der Waals surface area contributed by atoms with E-state index in [1.165, 1.54) is 62.8 Å². The molecule has 0 radical (unpaired) electrons. The zero-order valence-corrected chi connectivity index (χ0v) is 17.3. The van der Waals surface area contributed by atoms with Gasteiger partial charge in [-0.1, -0.05) is 12.8 Å².